The fourth-order valence-corrected chi connectivity index (χ4v) is 2.35. The molecule has 0 saturated carbocycles. The molecule has 106 valence electrons. The third-order valence-corrected chi connectivity index (χ3v) is 3.51. The van der Waals surface area contributed by atoms with Crippen molar-refractivity contribution in [2.75, 3.05) is 12.4 Å². The SMILES string of the molecule is COc1ccc(C(C)Nc2ccc(C)cc2Cl)c(O)c1. The maximum absolute atomic E-state index is 10.0. The molecule has 1 unspecified atom stereocenters. The van der Waals surface area contributed by atoms with E-state index in [0.29, 0.717) is 10.8 Å². The zero-order valence-electron chi connectivity index (χ0n) is 11.8. The van der Waals surface area contributed by atoms with Crippen LogP contribution < -0.4 is 10.1 Å². The first kappa shape index (κ1) is 14.5. The minimum Gasteiger partial charge on any atom is -0.507 e. The lowest BCUT2D eigenvalue weighted by molar-refractivity contribution is 0.406. The van der Waals surface area contributed by atoms with Crippen molar-refractivity contribution < 1.29 is 9.84 Å². The Balaban J connectivity index is 2.21. The summed E-state index contributed by atoms with van der Waals surface area (Å²) in [6, 6.07) is 11.0. The van der Waals surface area contributed by atoms with E-state index in [1.165, 1.54) is 0 Å². The van der Waals surface area contributed by atoms with Crippen molar-refractivity contribution in [3.8, 4) is 11.5 Å². The fourth-order valence-electron chi connectivity index (χ4n) is 2.06. The van der Waals surface area contributed by atoms with Gasteiger partial charge in [-0.25, -0.2) is 0 Å². The smallest absolute Gasteiger partial charge is 0.124 e. The van der Waals surface area contributed by atoms with Gasteiger partial charge in [-0.15, -0.1) is 0 Å². The molecule has 2 aromatic rings. The molecule has 0 aliphatic rings. The Morgan fingerprint density at radius 2 is 1.95 bits per heavy atom. The van der Waals surface area contributed by atoms with Crippen LogP contribution in [0, 0.1) is 6.92 Å². The van der Waals surface area contributed by atoms with E-state index < -0.39 is 0 Å². The number of aromatic hydroxyl groups is 1. The fraction of sp³-hybridized carbons (Fsp3) is 0.250. The molecular weight excluding hydrogens is 274 g/mol. The first-order chi connectivity index (χ1) is 9.51. The van der Waals surface area contributed by atoms with E-state index in [4.69, 9.17) is 16.3 Å². The molecular formula is C16H18ClNO2. The Morgan fingerprint density at radius 3 is 2.55 bits per heavy atom. The van der Waals surface area contributed by atoms with Crippen LogP contribution in [0.25, 0.3) is 0 Å². The van der Waals surface area contributed by atoms with Crippen LogP contribution in [0.3, 0.4) is 0 Å². The van der Waals surface area contributed by atoms with Crippen LogP contribution in [-0.4, -0.2) is 12.2 Å². The van der Waals surface area contributed by atoms with Gasteiger partial charge in [0.25, 0.3) is 0 Å². The summed E-state index contributed by atoms with van der Waals surface area (Å²) in [5.41, 5.74) is 2.75. The van der Waals surface area contributed by atoms with Crippen molar-refractivity contribution >= 4 is 17.3 Å². The zero-order valence-corrected chi connectivity index (χ0v) is 12.5. The van der Waals surface area contributed by atoms with Crippen molar-refractivity contribution in [1.29, 1.82) is 0 Å². The minimum atomic E-state index is -0.0684. The van der Waals surface area contributed by atoms with Gasteiger partial charge in [-0.3, -0.25) is 0 Å². The Kier molecular flexibility index (Phi) is 4.40. The summed E-state index contributed by atoms with van der Waals surface area (Å²) >= 11 is 6.20. The largest absolute Gasteiger partial charge is 0.507 e. The van der Waals surface area contributed by atoms with Crippen molar-refractivity contribution in [3.63, 3.8) is 0 Å². The molecule has 0 aliphatic carbocycles. The number of benzene rings is 2. The number of methoxy groups -OCH3 is 1. The molecule has 0 saturated heterocycles. The highest BCUT2D eigenvalue weighted by Gasteiger charge is 2.12. The van der Waals surface area contributed by atoms with E-state index >= 15 is 0 Å². The van der Waals surface area contributed by atoms with E-state index in [2.05, 4.69) is 5.32 Å². The average Bonchev–Trinajstić information content (AvgIpc) is 2.41. The molecule has 1 atom stereocenters. The van der Waals surface area contributed by atoms with Crippen LogP contribution in [0.5, 0.6) is 11.5 Å². The highest BCUT2D eigenvalue weighted by atomic mass is 35.5. The molecule has 0 aromatic heterocycles. The first-order valence-corrected chi connectivity index (χ1v) is 6.78. The van der Waals surface area contributed by atoms with Crippen LogP contribution >= 0.6 is 11.6 Å². The number of ether oxygens (including phenoxy) is 1. The Labute approximate surface area is 124 Å². The summed E-state index contributed by atoms with van der Waals surface area (Å²) in [5.74, 6) is 0.833. The van der Waals surface area contributed by atoms with Gasteiger partial charge in [0.05, 0.1) is 23.9 Å². The number of nitrogens with one attached hydrogen (secondary N) is 1. The van der Waals surface area contributed by atoms with E-state index in [1.54, 1.807) is 13.2 Å². The normalized spacial score (nSPS) is 12.0. The van der Waals surface area contributed by atoms with Gasteiger partial charge in [0.15, 0.2) is 0 Å². The summed E-state index contributed by atoms with van der Waals surface area (Å²) in [5, 5.41) is 14.0. The maximum atomic E-state index is 10.0. The molecule has 0 heterocycles. The second-order valence-electron chi connectivity index (χ2n) is 4.77. The number of aryl methyl sites for hydroxylation is 1. The van der Waals surface area contributed by atoms with E-state index in [9.17, 15) is 5.11 Å². The van der Waals surface area contributed by atoms with Gasteiger partial charge in [-0.05, 0) is 43.7 Å². The highest BCUT2D eigenvalue weighted by Crippen LogP contribution is 2.32. The number of hydrogen-bond acceptors (Lipinski definition) is 3. The topological polar surface area (TPSA) is 41.5 Å². The zero-order chi connectivity index (χ0) is 14.7. The highest BCUT2D eigenvalue weighted by molar-refractivity contribution is 6.33. The Bertz CT molecular complexity index is 613. The number of hydrogen-bond donors (Lipinski definition) is 2. The van der Waals surface area contributed by atoms with Gasteiger partial charge in [-0.1, -0.05) is 17.7 Å². The summed E-state index contributed by atoms with van der Waals surface area (Å²) in [6.45, 7) is 3.96. The second kappa shape index (κ2) is 6.06. The summed E-state index contributed by atoms with van der Waals surface area (Å²) in [4.78, 5) is 0. The molecule has 2 rings (SSSR count). The number of phenols is 1. The lowest BCUT2D eigenvalue weighted by Crippen LogP contribution is -2.07. The maximum Gasteiger partial charge on any atom is 0.124 e. The molecule has 2 N–H and O–H groups in total. The summed E-state index contributed by atoms with van der Waals surface area (Å²) in [6.07, 6.45) is 0. The Morgan fingerprint density at radius 1 is 1.20 bits per heavy atom. The molecule has 0 bridgehead atoms. The van der Waals surface area contributed by atoms with Crippen molar-refractivity contribution in [3.05, 3.63) is 52.5 Å². The van der Waals surface area contributed by atoms with Crippen molar-refractivity contribution in [1.82, 2.24) is 0 Å². The average molecular weight is 292 g/mol. The van der Waals surface area contributed by atoms with Crippen LogP contribution in [0.15, 0.2) is 36.4 Å². The van der Waals surface area contributed by atoms with Crippen LogP contribution in [0.1, 0.15) is 24.1 Å². The van der Waals surface area contributed by atoms with Gasteiger partial charge >= 0.3 is 0 Å². The quantitative estimate of drug-likeness (QED) is 0.869. The standard InChI is InChI=1S/C16H18ClNO2/c1-10-4-7-15(14(17)8-10)18-11(2)13-6-5-12(20-3)9-16(13)19/h4-9,11,18-19H,1-3H3. The Hall–Kier alpha value is -1.87. The van der Waals surface area contributed by atoms with Gasteiger partial charge in [0, 0.05) is 11.6 Å². The molecule has 3 nitrogen and oxygen atoms in total. The predicted molar refractivity (Wildman–Crippen MR) is 82.9 cm³/mol. The van der Waals surface area contributed by atoms with E-state index in [-0.39, 0.29) is 11.8 Å². The number of phenolic OH excluding ortho intramolecular Hbond substituents is 1. The summed E-state index contributed by atoms with van der Waals surface area (Å²) in [7, 11) is 1.57. The number of halogens is 1. The predicted octanol–water partition coefficient (Wildman–Crippen LogP) is 4.54. The van der Waals surface area contributed by atoms with Crippen LogP contribution in [-0.2, 0) is 0 Å². The molecule has 0 fully saturated rings. The van der Waals surface area contributed by atoms with Crippen molar-refractivity contribution in [2.24, 2.45) is 0 Å². The van der Waals surface area contributed by atoms with E-state index in [1.807, 2.05) is 44.2 Å². The van der Waals surface area contributed by atoms with Crippen LogP contribution in [0.4, 0.5) is 5.69 Å². The molecule has 2 aromatic carbocycles. The van der Waals surface area contributed by atoms with E-state index in [0.717, 1.165) is 16.8 Å². The second-order valence-corrected chi connectivity index (χ2v) is 5.18. The van der Waals surface area contributed by atoms with Gasteiger partial charge in [0.1, 0.15) is 11.5 Å². The molecule has 0 spiro atoms. The third-order valence-electron chi connectivity index (χ3n) is 3.20. The molecule has 0 amide bonds. The first-order valence-electron chi connectivity index (χ1n) is 6.41. The lowest BCUT2D eigenvalue weighted by Gasteiger charge is -2.18. The molecule has 0 aliphatic heterocycles. The molecule has 0 radical (unpaired) electrons. The molecule has 4 heteroatoms. The van der Waals surface area contributed by atoms with Gasteiger partial charge in [-0.2, -0.15) is 0 Å². The number of rotatable bonds is 4. The molecule has 20 heavy (non-hydrogen) atoms. The monoisotopic (exact) mass is 291 g/mol. The lowest BCUT2D eigenvalue weighted by atomic mass is 10.1. The van der Waals surface area contributed by atoms with Crippen LogP contribution in [0.2, 0.25) is 5.02 Å². The minimum absolute atomic E-state index is 0.0684. The van der Waals surface area contributed by atoms with Crippen molar-refractivity contribution in [2.45, 2.75) is 19.9 Å². The van der Waals surface area contributed by atoms with Gasteiger partial charge < -0.3 is 15.2 Å². The van der Waals surface area contributed by atoms with Gasteiger partial charge in [0.2, 0.25) is 0 Å². The number of anilines is 1. The summed E-state index contributed by atoms with van der Waals surface area (Å²) < 4.78 is 5.08. The third kappa shape index (κ3) is 3.17.